The molecule has 0 radical (unpaired) electrons. The molecule has 0 N–H and O–H groups in total. The molecule has 0 aromatic carbocycles. The van der Waals surface area contributed by atoms with Crippen LogP contribution in [0, 0.1) is 11.8 Å². The molecular formula is C12H13NO3S2. The zero-order valence-corrected chi connectivity index (χ0v) is 11.8. The van der Waals surface area contributed by atoms with Gasteiger partial charge >= 0.3 is 5.97 Å². The summed E-state index contributed by atoms with van der Waals surface area (Å²) in [5.41, 5.74) is 0. The van der Waals surface area contributed by atoms with Crippen LogP contribution in [-0.4, -0.2) is 28.4 Å². The fourth-order valence-electron chi connectivity index (χ4n) is 1.01. The lowest BCUT2D eigenvalue weighted by atomic mass is 10.5. The Bertz CT molecular complexity index is 485. The number of carbonyl (C=O) groups is 2. The minimum absolute atomic E-state index is 0.0932. The molecule has 0 unspecified atom stereocenters. The SMILES string of the molecule is CCOC(=O)c1cnc(C#CCCSC(C)=O)s1. The Morgan fingerprint density at radius 3 is 3.00 bits per heavy atom. The van der Waals surface area contributed by atoms with Crippen molar-refractivity contribution >= 4 is 34.2 Å². The molecule has 0 saturated carbocycles. The van der Waals surface area contributed by atoms with E-state index in [1.165, 1.54) is 36.2 Å². The summed E-state index contributed by atoms with van der Waals surface area (Å²) in [4.78, 5) is 26.5. The van der Waals surface area contributed by atoms with Gasteiger partial charge in [0.25, 0.3) is 0 Å². The molecular weight excluding hydrogens is 270 g/mol. The monoisotopic (exact) mass is 283 g/mol. The number of hydrogen-bond donors (Lipinski definition) is 0. The number of carbonyl (C=O) groups excluding carboxylic acids is 2. The third-order valence-electron chi connectivity index (χ3n) is 1.71. The van der Waals surface area contributed by atoms with Crippen molar-refractivity contribution in [2.24, 2.45) is 0 Å². The Kier molecular flexibility index (Phi) is 6.47. The third-order valence-corrected chi connectivity index (χ3v) is 3.42. The summed E-state index contributed by atoms with van der Waals surface area (Å²) in [5.74, 6) is 6.09. The maximum atomic E-state index is 11.4. The van der Waals surface area contributed by atoms with Gasteiger partial charge < -0.3 is 4.74 Å². The predicted molar refractivity (Wildman–Crippen MR) is 72.7 cm³/mol. The first-order valence-corrected chi connectivity index (χ1v) is 7.19. The van der Waals surface area contributed by atoms with Crippen LogP contribution in [0.4, 0.5) is 0 Å². The van der Waals surface area contributed by atoms with E-state index in [1.54, 1.807) is 6.92 Å². The van der Waals surface area contributed by atoms with Gasteiger partial charge in [-0.25, -0.2) is 9.78 Å². The summed E-state index contributed by atoms with van der Waals surface area (Å²) in [6, 6.07) is 0. The topological polar surface area (TPSA) is 56.3 Å². The molecule has 0 spiro atoms. The number of rotatable bonds is 4. The van der Waals surface area contributed by atoms with Crippen molar-refractivity contribution in [3.8, 4) is 11.8 Å². The van der Waals surface area contributed by atoms with Crippen molar-refractivity contribution in [1.29, 1.82) is 0 Å². The van der Waals surface area contributed by atoms with Crippen molar-refractivity contribution in [3.63, 3.8) is 0 Å². The van der Waals surface area contributed by atoms with Gasteiger partial charge in [0.15, 0.2) is 10.1 Å². The van der Waals surface area contributed by atoms with Gasteiger partial charge in [-0.2, -0.15) is 0 Å². The van der Waals surface area contributed by atoms with Crippen LogP contribution >= 0.6 is 23.1 Å². The summed E-state index contributed by atoms with van der Waals surface area (Å²) >= 11 is 2.46. The molecule has 1 aromatic heterocycles. The molecule has 96 valence electrons. The second-order valence-electron chi connectivity index (χ2n) is 3.14. The van der Waals surface area contributed by atoms with Gasteiger partial charge in [-0.15, -0.1) is 0 Å². The maximum absolute atomic E-state index is 11.4. The summed E-state index contributed by atoms with van der Waals surface area (Å²) in [6.07, 6.45) is 2.09. The van der Waals surface area contributed by atoms with Crippen molar-refractivity contribution in [2.75, 3.05) is 12.4 Å². The van der Waals surface area contributed by atoms with Crippen LogP contribution in [0.15, 0.2) is 6.20 Å². The van der Waals surface area contributed by atoms with Gasteiger partial charge in [0.1, 0.15) is 4.88 Å². The predicted octanol–water partition coefficient (Wildman–Crippen LogP) is 2.34. The minimum Gasteiger partial charge on any atom is -0.462 e. The van der Waals surface area contributed by atoms with E-state index in [1.807, 2.05) is 0 Å². The highest BCUT2D eigenvalue weighted by Crippen LogP contribution is 2.13. The van der Waals surface area contributed by atoms with E-state index in [0.29, 0.717) is 28.7 Å². The molecule has 0 bridgehead atoms. The Morgan fingerprint density at radius 2 is 2.33 bits per heavy atom. The van der Waals surface area contributed by atoms with Crippen molar-refractivity contribution in [2.45, 2.75) is 20.3 Å². The molecule has 0 aliphatic heterocycles. The van der Waals surface area contributed by atoms with E-state index in [0.717, 1.165) is 0 Å². The molecule has 0 aliphatic rings. The first kappa shape index (κ1) is 14.7. The van der Waals surface area contributed by atoms with Crippen LogP contribution in [-0.2, 0) is 9.53 Å². The summed E-state index contributed by atoms with van der Waals surface area (Å²) in [5, 5.41) is 0.682. The Balaban J connectivity index is 2.46. The average molecular weight is 283 g/mol. The zero-order chi connectivity index (χ0) is 13.4. The molecule has 0 fully saturated rings. The molecule has 0 aliphatic carbocycles. The van der Waals surface area contributed by atoms with E-state index in [2.05, 4.69) is 16.8 Å². The lowest BCUT2D eigenvalue weighted by molar-refractivity contribution is -0.109. The van der Waals surface area contributed by atoms with E-state index in [-0.39, 0.29) is 11.1 Å². The highest BCUT2D eigenvalue weighted by molar-refractivity contribution is 8.13. The van der Waals surface area contributed by atoms with E-state index >= 15 is 0 Å². The van der Waals surface area contributed by atoms with Crippen LogP contribution in [0.25, 0.3) is 0 Å². The minimum atomic E-state index is -0.366. The second kappa shape index (κ2) is 7.90. The number of hydrogen-bond acceptors (Lipinski definition) is 6. The Labute approximate surface area is 114 Å². The highest BCUT2D eigenvalue weighted by atomic mass is 32.2. The van der Waals surface area contributed by atoms with Crippen molar-refractivity contribution < 1.29 is 14.3 Å². The molecule has 1 aromatic rings. The fourth-order valence-corrected chi connectivity index (χ4v) is 2.19. The smallest absolute Gasteiger partial charge is 0.349 e. The molecule has 6 heteroatoms. The molecule has 0 saturated heterocycles. The lowest BCUT2D eigenvalue weighted by Gasteiger charge is -1.95. The second-order valence-corrected chi connectivity index (χ2v) is 5.44. The van der Waals surface area contributed by atoms with Gasteiger partial charge in [-0.1, -0.05) is 29.0 Å². The van der Waals surface area contributed by atoms with E-state index < -0.39 is 0 Å². The fraction of sp³-hybridized carbons (Fsp3) is 0.417. The number of aromatic nitrogens is 1. The number of ether oxygens (including phenoxy) is 1. The van der Waals surface area contributed by atoms with Crippen LogP contribution in [0.3, 0.4) is 0 Å². The number of thiazole rings is 1. The van der Waals surface area contributed by atoms with Crippen LogP contribution < -0.4 is 0 Å². The Morgan fingerprint density at radius 1 is 1.56 bits per heavy atom. The molecule has 0 amide bonds. The average Bonchev–Trinajstić information content (AvgIpc) is 2.77. The largest absolute Gasteiger partial charge is 0.462 e. The molecule has 4 nitrogen and oxygen atoms in total. The maximum Gasteiger partial charge on any atom is 0.349 e. The first-order chi connectivity index (χ1) is 8.63. The van der Waals surface area contributed by atoms with Gasteiger partial charge in [0.05, 0.1) is 12.8 Å². The van der Waals surface area contributed by atoms with E-state index in [4.69, 9.17) is 4.74 Å². The van der Waals surface area contributed by atoms with Crippen LogP contribution in [0.1, 0.15) is 34.9 Å². The van der Waals surface area contributed by atoms with Crippen molar-refractivity contribution in [1.82, 2.24) is 4.98 Å². The number of thioether (sulfide) groups is 1. The van der Waals surface area contributed by atoms with Gasteiger partial charge in [-0.05, 0) is 12.8 Å². The standard InChI is InChI=1S/C12H13NO3S2/c1-3-16-12(15)10-8-13-11(18-10)6-4-5-7-17-9(2)14/h8H,3,5,7H2,1-2H3. The molecule has 1 rings (SSSR count). The van der Waals surface area contributed by atoms with Gasteiger partial charge in [0.2, 0.25) is 0 Å². The molecule has 18 heavy (non-hydrogen) atoms. The molecule has 0 atom stereocenters. The summed E-state index contributed by atoms with van der Waals surface area (Å²) in [7, 11) is 0. The number of esters is 1. The van der Waals surface area contributed by atoms with E-state index in [9.17, 15) is 9.59 Å². The quantitative estimate of drug-likeness (QED) is 0.482. The summed E-state index contributed by atoms with van der Waals surface area (Å²) < 4.78 is 4.85. The van der Waals surface area contributed by atoms with Gasteiger partial charge in [0, 0.05) is 19.1 Å². The Hall–Kier alpha value is -1.32. The van der Waals surface area contributed by atoms with Gasteiger partial charge in [-0.3, -0.25) is 4.79 Å². The normalized spacial score (nSPS) is 9.44. The number of nitrogens with zero attached hydrogens (tertiary/aromatic N) is 1. The zero-order valence-electron chi connectivity index (χ0n) is 10.2. The summed E-state index contributed by atoms with van der Waals surface area (Å²) in [6.45, 7) is 3.64. The van der Waals surface area contributed by atoms with Crippen LogP contribution in [0.2, 0.25) is 0 Å². The van der Waals surface area contributed by atoms with Crippen LogP contribution in [0.5, 0.6) is 0 Å². The molecule has 1 heterocycles. The lowest BCUT2D eigenvalue weighted by Crippen LogP contribution is -2.01. The third kappa shape index (κ3) is 5.34. The highest BCUT2D eigenvalue weighted by Gasteiger charge is 2.09. The van der Waals surface area contributed by atoms with Crippen molar-refractivity contribution in [3.05, 3.63) is 16.1 Å². The first-order valence-electron chi connectivity index (χ1n) is 5.38.